The van der Waals surface area contributed by atoms with E-state index in [0.29, 0.717) is 0 Å². The lowest BCUT2D eigenvalue weighted by atomic mass is 10.1. The smallest absolute Gasteiger partial charge is 0.309 e. The summed E-state index contributed by atoms with van der Waals surface area (Å²) in [5.41, 5.74) is 0. The molecule has 0 unspecified atom stereocenters. The van der Waals surface area contributed by atoms with E-state index in [-0.39, 0.29) is 6.04 Å². The van der Waals surface area contributed by atoms with Crippen LogP contribution in [0.2, 0.25) is 0 Å². The highest BCUT2D eigenvalue weighted by Crippen LogP contribution is 2.00. The Balaban J connectivity index is 2.30. The Hall–Kier alpha value is -1.10. The number of amides is 2. The molecule has 5 nitrogen and oxygen atoms in total. The normalized spacial score (nSPS) is 17.9. The monoisotopic (exact) mass is 185 g/mol. The summed E-state index contributed by atoms with van der Waals surface area (Å²) in [5, 5.41) is 8.15. The van der Waals surface area contributed by atoms with Crippen molar-refractivity contribution < 1.29 is 9.59 Å². The van der Waals surface area contributed by atoms with Gasteiger partial charge in [-0.25, -0.2) is 0 Å². The molecule has 1 fully saturated rings. The summed E-state index contributed by atoms with van der Waals surface area (Å²) in [7, 11) is 1.45. The van der Waals surface area contributed by atoms with Crippen LogP contribution >= 0.6 is 0 Å². The molecule has 0 aromatic carbocycles. The minimum atomic E-state index is -0.571. The Morgan fingerprint density at radius 1 is 1.23 bits per heavy atom. The van der Waals surface area contributed by atoms with Gasteiger partial charge in [-0.15, -0.1) is 0 Å². The van der Waals surface area contributed by atoms with E-state index >= 15 is 0 Å². The SMILES string of the molecule is CNC(=O)C(=O)NC1CCNCC1. The lowest BCUT2D eigenvalue weighted by Gasteiger charge is -2.23. The van der Waals surface area contributed by atoms with Gasteiger partial charge in [0.25, 0.3) is 0 Å². The van der Waals surface area contributed by atoms with Crippen LogP contribution in [0.4, 0.5) is 0 Å². The zero-order valence-electron chi connectivity index (χ0n) is 7.72. The molecule has 1 heterocycles. The van der Waals surface area contributed by atoms with Gasteiger partial charge in [0.1, 0.15) is 0 Å². The van der Waals surface area contributed by atoms with Gasteiger partial charge in [0.2, 0.25) is 0 Å². The average molecular weight is 185 g/mol. The summed E-state index contributed by atoms with van der Waals surface area (Å²) >= 11 is 0. The van der Waals surface area contributed by atoms with Gasteiger partial charge in [0.05, 0.1) is 0 Å². The Labute approximate surface area is 77.3 Å². The number of carbonyl (C=O) groups is 2. The third-order valence-electron chi connectivity index (χ3n) is 2.11. The lowest BCUT2D eigenvalue weighted by molar-refractivity contribution is -0.139. The van der Waals surface area contributed by atoms with Crippen LogP contribution in [-0.4, -0.2) is 38.0 Å². The highest BCUT2D eigenvalue weighted by atomic mass is 16.2. The van der Waals surface area contributed by atoms with Crippen molar-refractivity contribution in [3.8, 4) is 0 Å². The van der Waals surface area contributed by atoms with Crippen molar-refractivity contribution in [2.45, 2.75) is 18.9 Å². The molecular weight excluding hydrogens is 170 g/mol. The first kappa shape index (κ1) is 9.98. The second kappa shape index (κ2) is 4.81. The minimum absolute atomic E-state index is 0.144. The molecule has 0 atom stereocenters. The van der Waals surface area contributed by atoms with Crippen LogP contribution in [0.1, 0.15) is 12.8 Å². The van der Waals surface area contributed by atoms with Gasteiger partial charge in [-0.3, -0.25) is 9.59 Å². The molecule has 0 radical (unpaired) electrons. The summed E-state index contributed by atoms with van der Waals surface area (Å²) in [6, 6.07) is 0.144. The maximum atomic E-state index is 11.1. The quantitative estimate of drug-likeness (QED) is 0.440. The van der Waals surface area contributed by atoms with E-state index in [1.807, 2.05) is 0 Å². The molecule has 0 aromatic rings. The summed E-state index contributed by atoms with van der Waals surface area (Å²) in [6.07, 6.45) is 1.78. The van der Waals surface area contributed by atoms with E-state index in [1.165, 1.54) is 7.05 Å². The molecule has 1 rings (SSSR count). The molecule has 1 aliphatic rings. The van der Waals surface area contributed by atoms with Crippen molar-refractivity contribution in [3.05, 3.63) is 0 Å². The number of likely N-dealkylation sites (N-methyl/N-ethyl adjacent to an activating group) is 1. The van der Waals surface area contributed by atoms with Gasteiger partial charge in [0.15, 0.2) is 0 Å². The average Bonchev–Trinajstić information content (AvgIpc) is 2.18. The standard InChI is InChI=1S/C8H15N3O2/c1-9-7(12)8(13)11-6-2-4-10-5-3-6/h6,10H,2-5H2,1H3,(H,9,12)(H,11,13). The van der Waals surface area contributed by atoms with Gasteiger partial charge in [-0.1, -0.05) is 0 Å². The van der Waals surface area contributed by atoms with Gasteiger partial charge >= 0.3 is 11.8 Å². The fourth-order valence-corrected chi connectivity index (χ4v) is 1.33. The molecule has 3 N–H and O–H groups in total. The molecule has 0 spiro atoms. The molecule has 0 bridgehead atoms. The Bertz CT molecular complexity index is 200. The van der Waals surface area contributed by atoms with Gasteiger partial charge in [-0.2, -0.15) is 0 Å². The topological polar surface area (TPSA) is 70.2 Å². The highest BCUT2D eigenvalue weighted by molar-refractivity contribution is 6.35. The van der Waals surface area contributed by atoms with E-state index < -0.39 is 11.8 Å². The van der Waals surface area contributed by atoms with Crippen molar-refractivity contribution in [1.29, 1.82) is 0 Å². The molecule has 74 valence electrons. The van der Waals surface area contributed by atoms with E-state index in [4.69, 9.17) is 0 Å². The first-order chi connectivity index (χ1) is 6.24. The van der Waals surface area contributed by atoms with Crippen LogP contribution in [0.5, 0.6) is 0 Å². The Morgan fingerprint density at radius 3 is 2.38 bits per heavy atom. The van der Waals surface area contributed by atoms with Gasteiger partial charge in [0, 0.05) is 13.1 Å². The summed E-state index contributed by atoms with van der Waals surface area (Å²) < 4.78 is 0. The van der Waals surface area contributed by atoms with Gasteiger partial charge in [-0.05, 0) is 25.9 Å². The maximum Gasteiger partial charge on any atom is 0.309 e. The number of hydrogen-bond acceptors (Lipinski definition) is 3. The fourth-order valence-electron chi connectivity index (χ4n) is 1.33. The van der Waals surface area contributed by atoms with Gasteiger partial charge < -0.3 is 16.0 Å². The minimum Gasteiger partial charge on any atom is -0.351 e. The third-order valence-corrected chi connectivity index (χ3v) is 2.11. The van der Waals surface area contributed by atoms with Crippen molar-refractivity contribution in [3.63, 3.8) is 0 Å². The lowest BCUT2D eigenvalue weighted by Crippen LogP contribution is -2.47. The summed E-state index contributed by atoms with van der Waals surface area (Å²) in [4.78, 5) is 21.9. The van der Waals surface area contributed by atoms with E-state index in [9.17, 15) is 9.59 Å². The van der Waals surface area contributed by atoms with Crippen LogP contribution in [-0.2, 0) is 9.59 Å². The van der Waals surface area contributed by atoms with Crippen LogP contribution in [0.3, 0.4) is 0 Å². The predicted molar refractivity (Wildman–Crippen MR) is 48.1 cm³/mol. The molecule has 5 heteroatoms. The molecule has 1 aliphatic heterocycles. The number of rotatable bonds is 1. The molecule has 13 heavy (non-hydrogen) atoms. The van der Waals surface area contributed by atoms with Crippen LogP contribution < -0.4 is 16.0 Å². The van der Waals surface area contributed by atoms with Crippen LogP contribution in [0.15, 0.2) is 0 Å². The van der Waals surface area contributed by atoms with Crippen molar-refractivity contribution in [1.82, 2.24) is 16.0 Å². The zero-order chi connectivity index (χ0) is 9.68. The number of carbonyl (C=O) groups excluding carboxylic acids is 2. The molecule has 0 aliphatic carbocycles. The van der Waals surface area contributed by atoms with E-state index in [1.54, 1.807) is 0 Å². The fraction of sp³-hybridized carbons (Fsp3) is 0.750. The predicted octanol–water partition coefficient (Wildman–Crippen LogP) is -1.40. The Morgan fingerprint density at radius 2 is 1.85 bits per heavy atom. The number of hydrogen-bond donors (Lipinski definition) is 3. The summed E-state index contributed by atoms with van der Waals surface area (Å²) in [5.74, 6) is -1.10. The molecule has 0 saturated carbocycles. The molecule has 1 saturated heterocycles. The second-order valence-electron chi connectivity index (χ2n) is 3.08. The van der Waals surface area contributed by atoms with Crippen molar-refractivity contribution in [2.24, 2.45) is 0 Å². The molecule has 2 amide bonds. The zero-order valence-corrected chi connectivity index (χ0v) is 7.72. The highest BCUT2D eigenvalue weighted by Gasteiger charge is 2.18. The largest absolute Gasteiger partial charge is 0.351 e. The first-order valence-corrected chi connectivity index (χ1v) is 4.47. The Kier molecular flexibility index (Phi) is 3.70. The second-order valence-corrected chi connectivity index (χ2v) is 3.08. The van der Waals surface area contributed by atoms with Crippen molar-refractivity contribution >= 4 is 11.8 Å². The maximum absolute atomic E-state index is 11.1. The number of nitrogens with one attached hydrogen (secondary N) is 3. The summed E-state index contributed by atoms with van der Waals surface area (Å²) in [6.45, 7) is 1.80. The molecule has 0 aromatic heterocycles. The van der Waals surface area contributed by atoms with E-state index in [2.05, 4.69) is 16.0 Å². The third kappa shape index (κ3) is 3.02. The van der Waals surface area contributed by atoms with E-state index in [0.717, 1.165) is 25.9 Å². The molecular formula is C8H15N3O2. The van der Waals surface area contributed by atoms with Crippen molar-refractivity contribution in [2.75, 3.05) is 20.1 Å². The van der Waals surface area contributed by atoms with Crippen LogP contribution in [0, 0.1) is 0 Å². The number of piperidine rings is 1. The first-order valence-electron chi connectivity index (χ1n) is 4.47. The van der Waals surface area contributed by atoms with Crippen LogP contribution in [0.25, 0.3) is 0 Å².